The van der Waals surface area contributed by atoms with Crippen molar-refractivity contribution in [1.29, 1.82) is 0 Å². The van der Waals surface area contributed by atoms with Crippen LogP contribution in [0.5, 0.6) is 11.5 Å². The van der Waals surface area contributed by atoms with E-state index in [4.69, 9.17) is 9.47 Å². The van der Waals surface area contributed by atoms with Gasteiger partial charge in [0.25, 0.3) is 0 Å². The zero-order valence-electron chi connectivity index (χ0n) is 17.8. The Kier molecular flexibility index (Phi) is 5.12. The van der Waals surface area contributed by atoms with Crippen molar-refractivity contribution in [1.82, 2.24) is 0 Å². The normalized spacial score (nSPS) is 18.0. The molecule has 2 aromatic rings. The van der Waals surface area contributed by atoms with Gasteiger partial charge in [0.05, 0.1) is 14.2 Å². The summed E-state index contributed by atoms with van der Waals surface area (Å²) in [6.45, 7) is 11.7. The van der Waals surface area contributed by atoms with E-state index in [1.807, 2.05) is 12.1 Å². The average molecular weight is 365 g/mol. The summed E-state index contributed by atoms with van der Waals surface area (Å²) in [5.74, 6) is 1.52. The van der Waals surface area contributed by atoms with E-state index in [-0.39, 0.29) is 10.8 Å². The van der Waals surface area contributed by atoms with Crippen molar-refractivity contribution in [3.8, 4) is 11.5 Å². The third-order valence-corrected chi connectivity index (χ3v) is 6.06. The van der Waals surface area contributed by atoms with Gasteiger partial charge >= 0.3 is 0 Å². The summed E-state index contributed by atoms with van der Waals surface area (Å²) >= 11 is 0. The van der Waals surface area contributed by atoms with Crippen LogP contribution in [0.25, 0.3) is 11.6 Å². The molecule has 2 nitrogen and oxygen atoms in total. The van der Waals surface area contributed by atoms with Gasteiger partial charge < -0.3 is 9.47 Å². The van der Waals surface area contributed by atoms with Crippen LogP contribution in [0.2, 0.25) is 0 Å². The second-order valence-electron chi connectivity index (χ2n) is 8.94. The van der Waals surface area contributed by atoms with Gasteiger partial charge in [0.2, 0.25) is 0 Å². The van der Waals surface area contributed by atoms with Crippen LogP contribution in [0, 0.1) is 0 Å². The maximum atomic E-state index is 5.46. The molecule has 2 aromatic carbocycles. The minimum atomic E-state index is 0.189. The molecule has 0 aliphatic heterocycles. The van der Waals surface area contributed by atoms with Gasteiger partial charge in [0.1, 0.15) is 0 Å². The van der Waals surface area contributed by atoms with Crippen molar-refractivity contribution in [3.63, 3.8) is 0 Å². The summed E-state index contributed by atoms with van der Waals surface area (Å²) in [4.78, 5) is 0. The Labute approximate surface area is 164 Å². The molecule has 1 aliphatic carbocycles. The van der Waals surface area contributed by atoms with Crippen molar-refractivity contribution in [3.05, 3.63) is 58.7 Å². The maximum Gasteiger partial charge on any atom is 0.161 e. The number of ether oxygens (including phenoxy) is 2. The van der Waals surface area contributed by atoms with Crippen LogP contribution in [0.1, 0.15) is 69.7 Å². The first-order valence-electron chi connectivity index (χ1n) is 9.74. The SMILES string of the molecule is COc1ccc(/C=C(/C)c2cccc3c2C(C)(C)CCC3(C)C)cc1OC. The zero-order chi connectivity index (χ0) is 19.8. The van der Waals surface area contributed by atoms with E-state index in [1.165, 1.54) is 35.1 Å². The third kappa shape index (κ3) is 3.63. The molecular weight excluding hydrogens is 332 g/mol. The Morgan fingerprint density at radius 3 is 2.22 bits per heavy atom. The van der Waals surface area contributed by atoms with Gasteiger partial charge in [-0.25, -0.2) is 0 Å². The van der Waals surface area contributed by atoms with E-state index < -0.39 is 0 Å². The van der Waals surface area contributed by atoms with Crippen molar-refractivity contribution in [2.75, 3.05) is 14.2 Å². The van der Waals surface area contributed by atoms with Crippen molar-refractivity contribution in [2.24, 2.45) is 0 Å². The lowest BCUT2D eigenvalue weighted by Gasteiger charge is -2.43. The molecule has 0 fully saturated rings. The Bertz CT molecular complexity index is 872. The molecule has 0 radical (unpaired) electrons. The Morgan fingerprint density at radius 1 is 0.889 bits per heavy atom. The van der Waals surface area contributed by atoms with Gasteiger partial charge in [0.15, 0.2) is 11.5 Å². The van der Waals surface area contributed by atoms with Crippen LogP contribution >= 0.6 is 0 Å². The molecule has 0 amide bonds. The number of benzene rings is 2. The monoisotopic (exact) mass is 364 g/mol. The van der Waals surface area contributed by atoms with Gasteiger partial charge in [0, 0.05) is 0 Å². The number of hydrogen-bond donors (Lipinski definition) is 0. The van der Waals surface area contributed by atoms with Crippen LogP contribution < -0.4 is 9.47 Å². The lowest BCUT2D eigenvalue weighted by Crippen LogP contribution is -2.34. The van der Waals surface area contributed by atoms with Gasteiger partial charge in [-0.2, -0.15) is 0 Å². The molecule has 0 saturated carbocycles. The molecule has 0 N–H and O–H groups in total. The Balaban J connectivity index is 2.11. The predicted molar refractivity (Wildman–Crippen MR) is 115 cm³/mol. The number of fused-ring (bicyclic) bond motifs is 1. The molecule has 0 unspecified atom stereocenters. The molecule has 1 aliphatic rings. The van der Waals surface area contributed by atoms with E-state index in [1.54, 1.807) is 14.2 Å². The first kappa shape index (κ1) is 19.5. The lowest BCUT2D eigenvalue weighted by atomic mass is 9.61. The maximum absolute atomic E-state index is 5.46. The highest BCUT2D eigenvalue weighted by atomic mass is 16.5. The topological polar surface area (TPSA) is 18.5 Å². The predicted octanol–water partition coefficient (Wildman–Crippen LogP) is 6.61. The van der Waals surface area contributed by atoms with Crippen molar-refractivity contribution in [2.45, 2.75) is 58.3 Å². The molecule has 0 heterocycles. The molecule has 27 heavy (non-hydrogen) atoms. The summed E-state index contributed by atoms with van der Waals surface area (Å²) in [6, 6.07) is 12.9. The summed E-state index contributed by atoms with van der Waals surface area (Å²) in [5, 5.41) is 0. The molecular formula is C25H32O2. The van der Waals surface area contributed by atoms with Gasteiger partial charge in [-0.15, -0.1) is 0 Å². The van der Waals surface area contributed by atoms with Crippen LogP contribution in [-0.4, -0.2) is 14.2 Å². The Hall–Kier alpha value is -2.22. The van der Waals surface area contributed by atoms with E-state index in [0.717, 1.165) is 17.1 Å². The summed E-state index contributed by atoms with van der Waals surface area (Å²) < 4.78 is 10.8. The largest absolute Gasteiger partial charge is 0.493 e. The fourth-order valence-electron chi connectivity index (χ4n) is 4.33. The fourth-order valence-corrected chi connectivity index (χ4v) is 4.33. The van der Waals surface area contributed by atoms with Crippen molar-refractivity contribution < 1.29 is 9.47 Å². The first-order chi connectivity index (χ1) is 12.7. The summed E-state index contributed by atoms with van der Waals surface area (Å²) in [7, 11) is 3.34. The highest BCUT2D eigenvalue weighted by molar-refractivity contribution is 5.83. The van der Waals surface area contributed by atoms with Gasteiger partial charge in [-0.05, 0) is 70.6 Å². The molecule has 0 aromatic heterocycles. The second-order valence-corrected chi connectivity index (χ2v) is 8.94. The first-order valence-corrected chi connectivity index (χ1v) is 9.74. The Morgan fingerprint density at radius 2 is 1.56 bits per heavy atom. The van der Waals surface area contributed by atoms with Crippen LogP contribution in [0.4, 0.5) is 0 Å². The number of methoxy groups -OCH3 is 2. The zero-order valence-corrected chi connectivity index (χ0v) is 17.8. The lowest BCUT2D eigenvalue weighted by molar-refractivity contribution is 0.331. The quantitative estimate of drug-likeness (QED) is 0.568. The minimum Gasteiger partial charge on any atom is -0.493 e. The molecule has 2 heteroatoms. The van der Waals surface area contributed by atoms with Gasteiger partial charge in [-0.3, -0.25) is 0 Å². The highest BCUT2D eigenvalue weighted by Gasteiger charge is 2.38. The van der Waals surface area contributed by atoms with E-state index >= 15 is 0 Å². The standard InChI is InChI=1S/C25H32O2/c1-17(15-18-11-12-21(26-6)22(16-18)27-7)19-9-8-10-20-23(19)25(4,5)14-13-24(20,2)3/h8-12,15-16H,13-14H2,1-7H3/b17-15-. The van der Waals surface area contributed by atoms with Crippen molar-refractivity contribution >= 4 is 11.6 Å². The number of allylic oxidation sites excluding steroid dienone is 1. The van der Waals surface area contributed by atoms with Crippen LogP contribution in [0.3, 0.4) is 0 Å². The van der Waals surface area contributed by atoms with Crippen LogP contribution in [-0.2, 0) is 10.8 Å². The van der Waals surface area contributed by atoms with Gasteiger partial charge in [-0.1, -0.05) is 58.0 Å². The van der Waals surface area contributed by atoms with E-state index in [0.29, 0.717) is 0 Å². The molecule has 0 bridgehead atoms. The smallest absolute Gasteiger partial charge is 0.161 e. The van der Waals surface area contributed by atoms with E-state index in [2.05, 4.69) is 65.0 Å². The number of hydrogen-bond acceptors (Lipinski definition) is 2. The average Bonchev–Trinajstić information content (AvgIpc) is 2.65. The van der Waals surface area contributed by atoms with Crippen LogP contribution in [0.15, 0.2) is 36.4 Å². The fraction of sp³-hybridized carbons (Fsp3) is 0.440. The summed E-state index contributed by atoms with van der Waals surface area (Å²) in [5.41, 5.74) is 7.19. The molecule has 144 valence electrons. The molecule has 3 rings (SSSR count). The minimum absolute atomic E-state index is 0.189. The molecule has 0 atom stereocenters. The number of rotatable bonds is 4. The second kappa shape index (κ2) is 7.07. The molecule has 0 saturated heterocycles. The summed E-state index contributed by atoms with van der Waals surface area (Å²) in [6.07, 6.45) is 4.69. The van der Waals surface area contributed by atoms with E-state index in [9.17, 15) is 0 Å². The highest BCUT2D eigenvalue weighted by Crippen LogP contribution is 2.48. The molecule has 0 spiro atoms. The third-order valence-electron chi connectivity index (χ3n) is 6.06.